The van der Waals surface area contributed by atoms with E-state index in [0.29, 0.717) is 5.56 Å². The van der Waals surface area contributed by atoms with Crippen molar-refractivity contribution in [2.75, 3.05) is 11.9 Å². The monoisotopic (exact) mass is 327 g/mol. The van der Waals surface area contributed by atoms with E-state index in [1.807, 2.05) is 20.8 Å². The third-order valence-corrected chi connectivity index (χ3v) is 3.51. The van der Waals surface area contributed by atoms with Crippen LogP contribution in [-0.2, 0) is 4.79 Å². The maximum absolute atomic E-state index is 11.8. The third-order valence-electron chi connectivity index (χ3n) is 3.51. The standard InChI is InChI=1S/C18H21N3O3/c1-11-6-12(2)18(13(3)7-11)19-10-17(24)21-20-9-14-4-5-15(22)8-16(14)23/h4-9,19,22-23H,10H2,1-3H3,(H,21,24)/b20-9+. The van der Waals surface area contributed by atoms with Gasteiger partial charge >= 0.3 is 0 Å². The van der Waals surface area contributed by atoms with Crippen LogP contribution in [-0.4, -0.2) is 28.9 Å². The molecule has 24 heavy (non-hydrogen) atoms. The van der Waals surface area contributed by atoms with Crippen molar-refractivity contribution in [2.45, 2.75) is 20.8 Å². The van der Waals surface area contributed by atoms with Crippen molar-refractivity contribution >= 4 is 17.8 Å². The first-order valence-electron chi connectivity index (χ1n) is 7.52. The summed E-state index contributed by atoms with van der Waals surface area (Å²) in [5.74, 6) is -0.456. The minimum absolute atomic E-state index is 0.0401. The molecule has 2 rings (SSSR count). The molecule has 126 valence electrons. The Kier molecular flexibility index (Phi) is 5.42. The molecule has 0 bridgehead atoms. The number of nitrogens with zero attached hydrogens (tertiary/aromatic N) is 1. The zero-order valence-corrected chi connectivity index (χ0v) is 13.9. The second-order valence-electron chi connectivity index (χ2n) is 5.66. The van der Waals surface area contributed by atoms with Gasteiger partial charge in [-0.3, -0.25) is 4.79 Å². The van der Waals surface area contributed by atoms with E-state index < -0.39 is 0 Å². The third kappa shape index (κ3) is 4.49. The van der Waals surface area contributed by atoms with Gasteiger partial charge in [-0.25, -0.2) is 5.43 Å². The number of amides is 1. The number of rotatable bonds is 5. The number of aryl methyl sites for hydroxylation is 3. The number of hydrogen-bond acceptors (Lipinski definition) is 5. The predicted octanol–water partition coefficient (Wildman–Crippen LogP) is 2.59. The molecule has 1 amide bonds. The van der Waals surface area contributed by atoms with Crippen LogP contribution in [0.2, 0.25) is 0 Å². The van der Waals surface area contributed by atoms with Gasteiger partial charge in [0, 0.05) is 17.3 Å². The van der Waals surface area contributed by atoms with E-state index in [2.05, 4.69) is 28.0 Å². The van der Waals surface area contributed by atoms with Gasteiger partial charge in [0.25, 0.3) is 5.91 Å². The van der Waals surface area contributed by atoms with Gasteiger partial charge < -0.3 is 15.5 Å². The molecule has 2 aromatic carbocycles. The summed E-state index contributed by atoms with van der Waals surface area (Å²) in [6.45, 7) is 6.10. The molecule has 0 fully saturated rings. The van der Waals surface area contributed by atoms with E-state index in [0.717, 1.165) is 16.8 Å². The molecule has 0 aromatic heterocycles. The average molecular weight is 327 g/mol. The summed E-state index contributed by atoms with van der Waals surface area (Å²) in [6, 6.07) is 8.23. The molecule has 0 saturated heterocycles. The molecule has 0 aliphatic heterocycles. The first kappa shape index (κ1) is 17.3. The van der Waals surface area contributed by atoms with Gasteiger partial charge in [0.2, 0.25) is 0 Å². The molecule has 6 nitrogen and oxygen atoms in total. The summed E-state index contributed by atoms with van der Waals surface area (Å²) in [5.41, 5.74) is 7.06. The van der Waals surface area contributed by atoms with Gasteiger partial charge in [-0.05, 0) is 44.0 Å². The summed E-state index contributed by atoms with van der Waals surface area (Å²) in [5, 5.41) is 25.7. The molecule has 4 N–H and O–H groups in total. The van der Waals surface area contributed by atoms with E-state index in [4.69, 9.17) is 0 Å². The second kappa shape index (κ2) is 7.50. The van der Waals surface area contributed by atoms with Crippen molar-refractivity contribution in [1.29, 1.82) is 0 Å². The summed E-state index contributed by atoms with van der Waals surface area (Å²) in [4.78, 5) is 11.8. The van der Waals surface area contributed by atoms with Crippen molar-refractivity contribution in [3.63, 3.8) is 0 Å². The van der Waals surface area contributed by atoms with Gasteiger partial charge in [-0.15, -0.1) is 0 Å². The molecule has 0 unspecified atom stereocenters. The van der Waals surface area contributed by atoms with Gasteiger partial charge in [0.15, 0.2) is 0 Å². The summed E-state index contributed by atoms with van der Waals surface area (Å²) < 4.78 is 0. The first-order valence-corrected chi connectivity index (χ1v) is 7.52. The smallest absolute Gasteiger partial charge is 0.259 e. The quantitative estimate of drug-likeness (QED) is 0.501. The largest absolute Gasteiger partial charge is 0.508 e. The lowest BCUT2D eigenvalue weighted by atomic mass is 10.1. The Bertz CT molecular complexity index is 762. The lowest BCUT2D eigenvalue weighted by molar-refractivity contribution is -0.119. The van der Waals surface area contributed by atoms with Crippen LogP contribution in [0.5, 0.6) is 11.5 Å². The lowest BCUT2D eigenvalue weighted by Gasteiger charge is -2.13. The predicted molar refractivity (Wildman–Crippen MR) is 94.7 cm³/mol. The first-order chi connectivity index (χ1) is 11.4. The maximum Gasteiger partial charge on any atom is 0.259 e. The van der Waals surface area contributed by atoms with Gasteiger partial charge in [-0.1, -0.05) is 17.7 Å². The highest BCUT2D eigenvalue weighted by Gasteiger charge is 2.06. The SMILES string of the molecule is Cc1cc(C)c(NCC(=O)N/N=C/c2ccc(O)cc2O)c(C)c1. The fourth-order valence-electron chi connectivity index (χ4n) is 2.48. The van der Waals surface area contributed by atoms with Crippen LogP contribution in [0, 0.1) is 20.8 Å². The number of phenolic OH excluding ortho intramolecular Hbond substituents is 2. The Morgan fingerprint density at radius 2 is 1.79 bits per heavy atom. The number of phenols is 2. The highest BCUT2D eigenvalue weighted by atomic mass is 16.3. The van der Waals surface area contributed by atoms with E-state index in [1.54, 1.807) is 0 Å². The van der Waals surface area contributed by atoms with Crippen molar-refractivity contribution in [3.8, 4) is 11.5 Å². The molecule has 2 aromatic rings. The van der Waals surface area contributed by atoms with E-state index >= 15 is 0 Å². The van der Waals surface area contributed by atoms with Crippen LogP contribution in [0.15, 0.2) is 35.4 Å². The number of anilines is 1. The van der Waals surface area contributed by atoms with Crippen LogP contribution in [0.3, 0.4) is 0 Å². The van der Waals surface area contributed by atoms with Crippen LogP contribution >= 0.6 is 0 Å². The number of carbonyl (C=O) groups excluding carboxylic acids is 1. The van der Waals surface area contributed by atoms with Crippen LogP contribution in [0.4, 0.5) is 5.69 Å². The van der Waals surface area contributed by atoms with E-state index in [1.165, 1.54) is 30.0 Å². The molecular weight excluding hydrogens is 306 g/mol. The highest BCUT2D eigenvalue weighted by Crippen LogP contribution is 2.22. The number of hydrogen-bond donors (Lipinski definition) is 4. The molecule has 0 heterocycles. The summed E-state index contributed by atoms with van der Waals surface area (Å²) >= 11 is 0. The number of aromatic hydroxyl groups is 2. The van der Waals surface area contributed by atoms with Crippen LogP contribution < -0.4 is 10.7 Å². The number of benzene rings is 2. The fraction of sp³-hybridized carbons (Fsp3) is 0.222. The lowest BCUT2D eigenvalue weighted by Crippen LogP contribution is -2.26. The zero-order chi connectivity index (χ0) is 17.7. The molecule has 0 aliphatic carbocycles. The molecular formula is C18H21N3O3. The Labute approximate surface area is 140 Å². The Morgan fingerprint density at radius 3 is 2.42 bits per heavy atom. The number of nitrogens with one attached hydrogen (secondary N) is 2. The summed E-state index contributed by atoms with van der Waals surface area (Å²) in [7, 11) is 0. The van der Waals surface area contributed by atoms with Crippen LogP contribution in [0.1, 0.15) is 22.3 Å². The van der Waals surface area contributed by atoms with E-state index in [9.17, 15) is 15.0 Å². The Morgan fingerprint density at radius 1 is 1.12 bits per heavy atom. The number of hydrazone groups is 1. The highest BCUT2D eigenvalue weighted by molar-refractivity contribution is 5.86. The molecule has 6 heteroatoms. The van der Waals surface area contributed by atoms with Crippen molar-refractivity contribution in [3.05, 3.63) is 52.6 Å². The maximum atomic E-state index is 11.8. The minimum Gasteiger partial charge on any atom is -0.508 e. The van der Waals surface area contributed by atoms with Gasteiger partial charge in [0.1, 0.15) is 11.5 Å². The van der Waals surface area contributed by atoms with Crippen LogP contribution in [0.25, 0.3) is 0 Å². The van der Waals surface area contributed by atoms with E-state index in [-0.39, 0.29) is 24.0 Å². The molecule has 0 saturated carbocycles. The van der Waals surface area contributed by atoms with Gasteiger partial charge in [0.05, 0.1) is 12.8 Å². The molecule has 0 radical (unpaired) electrons. The zero-order valence-electron chi connectivity index (χ0n) is 13.9. The van der Waals surface area contributed by atoms with Crippen molar-refractivity contribution < 1.29 is 15.0 Å². The average Bonchev–Trinajstić information content (AvgIpc) is 2.48. The van der Waals surface area contributed by atoms with Crippen molar-refractivity contribution in [1.82, 2.24) is 5.43 Å². The molecule has 0 aliphatic rings. The Hall–Kier alpha value is -3.02. The minimum atomic E-state index is -0.302. The summed E-state index contributed by atoms with van der Waals surface area (Å²) in [6.07, 6.45) is 1.31. The Balaban J connectivity index is 1.91. The van der Waals surface area contributed by atoms with Crippen molar-refractivity contribution in [2.24, 2.45) is 5.10 Å². The van der Waals surface area contributed by atoms with Gasteiger partial charge in [-0.2, -0.15) is 5.10 Å². The second-order valence-corrected chi connectivity index (χ2v) is 5.66. The fourth-order valence-corrected chi connectivity index (χ4v) is 2.48. The molecule has 0 atom stereocenters. The topological polar surface area (TPSA) is 94.0 Å². The molecule has 0 spiro atoms. The normalized spacial score (nSPS) is 10.8. The number of carbonyl (C=O) groups is 1.